The Morgan fingerprint density at radius 3 is 1.37 bits per heavy atom. The predicted molar refractivity (Wildman–Crippen MR) is 230 cm³/mol. The first-order valence-electron chi connectivity index (χ1n) is 19.0. The van der Waals surface area contributed by atoms with Crippen molar-refractivity contribution >= 4 is 30.6 Å². The van der Waals surface area contributed by atoms with E-state index in [-0.39, 0.29) is 36.6 Å². The van der Waals surface area contributed by atoms with Crippen LogP contribution in [0.25, 0.3) is 0 Å². The van der Waals surface area contributed by atoms with Gasteiger partial charge in [0.2, 0.25) is 0 Å². The van der Waals surface area contributed by atoms with Crippen molar-refractivity contribution in [1.29, 1.82) is 0 Å². The number of para-hydroxylation sites is 4. The molecule has 0 saturated carbocycles. The second-order valence-electron chi connectivity index (χ2n) is 13.4. The Kier molecular flexibility index (Phi) is 16.7. The van der Waals surface area contributed by atoms with Crippen LogP contribution in [0.4, 0.5) is 0 Å². The van der Waals surface area contributed by atoms with Gasteiger partial charge in [-0.1, -0.05) is 97.1 Å². The minimum atomic E-state index is -0.321. The number of benzene rings is 6. The summed E-state index contributed by atoms with van der Waals surface area (Å²) in [5.74, 6) is 2.47. The highest BCUT2D eigenvalue weighted by Gasteiger charge is 2.23. The quantitative estimate of drug-likeness (QED) is 0.101. The molecule has 6 aromatic carbocycles. The van der Waals surface area contributed by atoms with Crippen molar-refractivity contribution < 1.29 is 42.8 Å². The Hall–Kier alpha value is -6.66. The molecule has 12 heteroatoms. The second-order valence-corrected chi connectivity index (χ2v) is 13.4. The molecule has 3 N–H and O–H groups in total. The molecule has 2 atom stereocenters. The van der Waals surface area contributed by atoms with Gasteiger partial charge in [-0.3, -0.25) is 4.79 Å². The van der Waals surface area contributed by atoms with Gasteiger partial charge in [0.05, 0.1) is 25.3 Å². The third kappa shape index (κ3) is 12.2. The van der Waals surface area contributed by atoms with Crippen LogP contribution in [0.15, 0.2) is 146 Å². The van der Waals surface area contributed by atoms with Gasteiger partial charge in [-0.15, -0.1) is 12.4 Å². The number of carbonyl (C=O) groups excluding carboxylic acids is 3. The normalized spacial score (nSPS) is 14.3. The van der Waals surface area contributed by atoms with E-state index in [1.165, 1.54) is 19.8 Å². The van der Waals surface area contributed by atoms with E-state index in [9.17, 15) is 14.4 Å². The summed E-state index contributed by atoms with van der Waals surface area (Å²) in [6, 6.07) is 45.5. The average Bonchev–Trinajstić information content (AvgIpc) is 3.31. The first kappa shape index (κ1) is 44.4. The minimum absolute atomic E-state index is 0. The Bertz CT molecular complexity index is 2280. The lowest BCUT2D eigenvalue weighted by molar-refractivity contribution is 0.0592. The Morgan fingerprint density at radius 1 is 0.583 bits per heavy atom. The number of esters is 2. The molecule has 11 nitrogen and oxygen atoms in total. The summed E-state index contributed by atoms with van der Waals surface area (Å²) in [6.45, 7) is 2.96. The van der Waals surface area contributed by atoms with Crippen molar-refractivity contribution in [2.24, 2.45) is 5.73 Å². The number of nitrogens with one attached hydrogen (secondary N) is 1. The van der Waals surface area contributed by atoms with Crippen LogP contribution in [0.5, 0.6) is 23.0 Å². The third-order valence-electron chi connectivity index (χ3n) is 9.46. The van der Waals surface area contributed by atoms with E-state index in [2.05, 4.69) is 34.3 Å². The molecule has 2 aliphatic rings. The number of fused-ring (bicyclic) bond motifs is 2. The number of nitrogens with two attached hydrogens (primary N) is 1. The van der Waals surface area contributed by atoms with Gasteiger partial charge >= 0.3 is 11.9 Å². The van der Waals surface area contributed by atoms with Crippen LogP contribution in [0.1, 0.15) is 71.1 Å². The highest BCUT2D eigenvalue weighted by Crippen LogP contribution is 2.37. The highest BCUT2D eigenvalue weighted by atomic mass is 35.5. The number of ether oxygens (including phenoxy) is 6. The van der Waals surface area contributed by atoms with Crippen molar-refractivity contribution in [2.75, 3.05) is 27.4 Å². The molecule has 0 aromatic heterocycles. The molecule has 0 bridgehead atoms. The molecule has 0 amide bonds. The summed E-state index contributed by atoms with van der Waals surface area (Å²) in [7, 11) is 2.74. The topological polar surface area (TPSA) is 145 Å². The van der Waals surface area contributed by atoms with Crippen molar-refractivity contribution in [3.63, 3.8) is 0 Å². The molecule has 0 fully saturated rings. The lowest BCUT2D eigenvalue weighted by Gasteiger charge is -2.26. The summed E-state index contributed by atoms with van der Waals surface area (Å²) in [6.07, 6.45) is 0.609. The van der Waals surface area contributed by atoms with Gasteiger partial charge in [-0.25, -0.2) is 9.59 Å². The monoisotopic (exact) mass is 830 g/mol. The molecule has 0 unspecified atom stereocenters. The zero-order valence-electron chi connectivity index (χ0n) is 33.3. The highest BCUT2D eigenvalue weighted by molar-refractivity contribution is 5.89. The second kappa shape index (κ2) is 22.5. The van der Waals surface area contributed by atoms with Gasteiger partial charge in [0, 0.05) is 25.2 Å². The molecule has 0 saturated heterocycles. The Morgan fingerprint density at radius 2 is 0.967 bits per heavy atom. The lowest BCUT2D eigenvalue weighted by Crippen LogP contribution is -2.21. The van der Waals surface area contributed by atoms with Crippen LogP contribution in [0.2, 0.25) is 0 Å². The number of hydrogen-bond donors (Lipinski definition) is 2. The van der Waals surface area contributed by atoms with Crippen LogP contribution in [-0.2, 0) is 29.1 Å². The van der Waals surface area contributed by atoms with Gasteiger partial charge in [-0.05, 0) is 76.3 Å². The number of halogens is 1. The number of rotatable bonds is 10. The molecule has 0 aliphatic carbocycles. The maximum absolute atomic E-state index is 11.5. The van der Waals surface area contributed by atoms with Crippen LogP contribution < -0.4 is 30.0 Å². The largest absolute Gasteiger partial charge is 0.485 e. The summed E-state index contributed by atoms with van der Waals surface area (Å²) < 4.78 is 32.6. The molecular weight excluding hydrogens is 784 g/mol. The molecule has 60 heavy (non-hydrogen) atoms. The first-order valence-corrected chi connectivity index (χ1v) is 19.0. The summed E-state index contributed by atoms with van der Waals surface area (Å²) in [5, 5.41) is 3.42. The maximum atomic E-state index is 11.5. The van der Waals surface area contributed by atoms with E-state index in [1.54, 1.807) is 36.4 Å². The van der Waals surface area contributed by atoms with Crippen molar-refractivity contribution in [2.45, 2.75) is 31.8 Å². The Balaban J connectivity index is 0.000000188. The number of hydrogen-bond acceptors (Lipinski definition) is 11. The summed E-state index contributed by atoms with van der Waals surface area (Å²) >= 11 is 0. The number of methoxy groups -OCH3 is 2. The first-order chi connectivity index (χ1) is 28.9. The Labute approximate surface area is 355 Å². The molecule has 0 spiro atoms. The van der Waals surface area contributed by atoms with E-state index < -0.39 is 0 Å². The van der Waals surface area contributed by atoms with Crippen LogP contribution in [-0.4, -0.2) is 45.7 Å². The van der Waals surface area contributed by atoms with E-state index in [0.717, 1.165) is 64.6 Å². The fourth-order valence-electron chi connectivity index (χ4n) is 6.13. The van der Waals surface area contributed by atoms with Gasteiger partial charge in [0.25, 0.3) is 0 Å². The van der Waals surface area contributed by atoms with Crippen molar-refractivity contribution in [1.82, 2.24) is 5.32 Å². The van der Waals surface area contributed by atoms with Gasteiger partial charge in [0.1, 0.15) is 19.5 Å². The van der Waals surface area contributed by atoms with Crippen LogP contribution in [0, 0.1) is 0 Å². The minimum Gasteiger partial charge on any atom is -0.485 e. The molecule has 310 valence electrons. The molecular formula is C48H47ClN2O9. The lowest BCUT2D eigenvalue weighted by atomic mass is 10.1. The van der Waals surface area contributed by atoms with Gasteiger partial charge < -0.3 is 39.5 Å². The number of aldehydes is 1. The standard InChI is InChI=1S/C24H23NO4.C15H12O3.C9H11NO2.ClH/c1-27-24(26)20-12-8-18(9-13-20)15-25-14-17-6-10-19(11-7-17)23-16-28-21-4-2-3-5-22(21)29-23;16-9-11-5-7-12(8-6-11)15-10-17-13-3-1-2-4-14(13)18-15;1-12-9(11)8-4-2-7(6-10)3-5-8;/h2-13,23,25H,14-16H2,1H3;1-9,15H,10H2;2-5H,6,10H2,1H3;1H/t23-;15-;;/m11../s1. The predicted octanol–water partition coefficient (Wildman–Crippen LogP) is 8.64. The van der Waals surface area contributed by atoms with Crippen LogP contribution in [0.3, 0.4) is 0 Å². The molecule has 6 aromatic rings. The summed E-state index contributed by atoms with van der Waals surface area (Å²) in [5.41, 5.74) is 12.6. The fourth-order valence-corrected chi connectivity index (χ4v) is 6.13. The summed E-state index contributed by atoms with van der Waals surface area (Å²) in [4.78, 5) is 33.0. The van der Waals surface area contributed by atoms with E-state index >= 15 is 0 Å². The maximum Gasteiger partial charge on any atom is 0.337 e. The molecule has 2 aliphatic heterocycles. The van der Waals surface area contributed by atoms with Crippen molar-refractivity contribution in [3.05, 3.63) is 190 Å². The zero-order chi connectivity index (χ0) is 41.4. The zero-order valence-corrected chi connectivity index (χ0v) is 34.1. The van der Waals surface area contributed by atoms with E-state index in [4.69, 9.17) is 29.4 Å². The number of carbonyl (C=O) groups is 3. The van der Waals surface area contributed by atoms with Crippen LogP contribution >= 0.6 is 12.4 Å². The fraction of sp³-hybridized carbons (Fsp3) is 0.188. The molecule has 2 heterocycles. The SMILES string of the molecule is COC(=O)c1ccc(CN)cc1.COC(=O)c1ccc(CNCc2ccc([C@H]3COc4ccccc4O3)cc2)cc1.Cl.O=Cc1ccc([C@H]2COc3ccccc3O2)cc1. The van der Waals surface area contributed by atoms with Gasteiger partial charge in [0.15, 0.2) is 35.2 Å². The molecule has 8 rings (SSSR count). The smallest absolute Gasteiger partial charge is 0.337 e. The third-order valence-corrected chi connectivity index (χ3v) is 9.46. The van der Waals surface area contributed by atoms with E-state index in [1.807, 2.05) is 84.9 Å². The van der Waals surface area contributed by atoms with E-state index in [0.29, 0.717) is 36.4 Å². The van der Waals surface area contributed by atoms with Gasteiger partial charge in [-0.2, -0.15) is 0 Å². The molecule has 0 radical (unpaired) electrons. The van der Waals surface area contributed by atoms with Crippen molar-refractivity contribution in [3.8, 4) is 23.0 Å². The average molecular weight is 831 g/mol.